The predicted octanol–water partition coefficient (Wildman–Crippen LogP) is 2.81. The van der Waals surface area contributed by atoms with Crippen LogP contribution in [0.4, 0.5) is 0 Å². The van der Waals surface area contributed by atoms with Crippen LogP contribution in [0, 0.1) is 0 Å². The van der Waals surface area contributed by atoms with E-state index in [2.05, 4.69) is 4.98 Å². The van der Waals surface area contributed by atoms with Crippen LogP contribution >= 0.6 is 0 Å². The maximum absolute atomic E-state index is 10.7. The first-order valence-corrected chi connectivity index (χ1v) is 4.93. The van der Waals surface area contributed by atoms with Gasteiger partial charge in [-0.1, -0.05) is 18.2 Å². The number of hydrogen-bond acceptors (Lipinski definition) is 2. The van der Waals surface area contributed by atoms with Gasteiger partial charge in [-0.05, 0) is 24.3 Å². The zero-order valence-electron chi connectivity index (χ0n) is 8.59. The number of rotatable bonds is 0. The van der Waals surface area contributed by atoms with E-state index in [0.717, 1.165) is 5.39 Å². The van der Waals surface area contributed by atoms with Gasteiger partial charge in [0.15, 0.2) is 0 Å². The van der Waals surface area contributed by atoms with Gasteiger partial charge in [-0.2, -0.15) is 0 Å². The molecular weight excluding hydrogens is 202 g/mol. The van der Waals surface area contributed by atoms with Crippen LogP contribution in [0.15, 0.2) is 70.1 Å². The van der Waals surface area contributed by atoms with Crippen molar-refractivity contribution >= 4 is 11.0 Å². The Hall–Kier alpha value is -2.29. The summed E-state index contributed by atoms with van der Waals surface area (Å²) in [5, 5.41) is 0.951. The van der Waals surface area contributed by atoms with Crippen LogP contribution in [-0.2, 0) is 0 Å². The molecule has 0 saturated heterocycles. The molecule has 3 nitrogen and oxygen atoms in total. The predicted molar refractivity (Wildman–Crippen MR) is 63.3 cm³/mol. The average molecular weight is 213 g/mol. The van der Waals surface area contributed by atoms with Crippen LogP contribution in [0.2, 0.25) is 0 Å². The molecule has 0 aliphatic carbocycles. The van der Waals surface area contributed by atoms with Gasteiger partial charge in [0.1, 0.15) is 5.58 Å². The molecule has 80 valence electrons. The minimum atomic E-state index is -0.302. The summed E-state index contributed by atoms with van der Waals surface area (Å²) in [5.41, 5.74) is 0.337. The van der Waals surface area contributed by atoms with Gasteiger partial charge in [0, 0.05) is 23.8 Å². The molecular formula is C13H11NO2. The first-order chi connectivity index (χ1) is 7.86. The van der Waals surface area contributed by atoms with Gasteiger partial charge in [-0.15, -0.1) is 0 Å². The normalized spacial score (nSPS) is 9.50. The topological polar surface area (TPSA) is 46.0 Å². The second kappa shape index (κ2) is 4.98. The maximum atomic E-state index is 10.7. The molecule has 0 saturated carbocycles. The van der Waals surface area contributed by atoms with Gasteiger partial charge in [0.2, 0.25) is 0 Å². The Kier molecular flexibility index (Phi) is 3.18. The Morgan fingerprint density at radius 2 is 1.62 bits per heavy atom. The third-order valence-corrected chi connectivity index (χ3v) is 2.02. The van der Waals surface area contributed by atoms with Crippen molar-refractivity contribution in [2.24, 2.45) is 0 Å². The van der Waals surface area contributed by atoms with E-state index in [1.54, 1.807) is 12.1 Å². The van der Waals surface area contributed by atoms with Gasteiger partial charge in [0.05, 0.1) is 0 Å². The fourth-order valence-corrected chi connectivity index (χ4v) is 1.29. The molecule has 3 rings (SSSR count). The fraction of sp³-hybridized carbons (Fsp3) is 0. The van der Waals surface area contributed by atoms with Crippen molar-refractivity contribution in [2.75, 3.05) is 0 Å². The van der Waals surface area contributed by atoms with E-state index < -0.39 is 0 Å². The number of nitrogens with one attached hydrogen (secondary N) is 1. The first-order valence-electron chi connectivity index (χ1n) is 4.93. The zero-order valence-corrected chi connectivity index (χ0v) is 8.59. The molecule has 0 spiro atoms. The summed E-state index contributed by atoms with van der Waals surface area (Å²) in [5.74, 6) is 0. The molecule has 3 aromatic rings. The highest BCUT2D eigenvalue weighted by Gasteiger charge is 1.92. The Morgan fingerprint density at radius 3 is 2.31 bits per heavy atom. The summed E-state index contributed by atoms with van der Waals surface area (Å²) in [7, 11) is 0. The van der Waals surface area contributed by atoms with Crippen LogP contribution in [-0.4, -0.2) is 4.98 Å². The van der Waals surface area contributed by atoms with Crippen LogP contribution < -0.4 is 5.63 Å². The highest BCUT2D eigenvalue weighted by atomic mass is 16.4. The van der Waals surface area contributed by atoms with Crippen molar-refractivity contribution in [1.82, 2.24) is 4.98 Å². The lowest BCUT2D eigenvalue weighted by atomic mass is 10.2. The van der Waals surface area contributed by atoms with Gasteiger partial charge in [-0.3, -0.25) is 0 Å². The van der Waals surface area contributed by atoms with Gasteiger partial charge in [-0.25, -0.2) is 4.79 Å². The molecule has 0 bridgehead atoms. The number of aromatic nitrogens is 1. The first kappa shape index (κ1) is 10.2. The monoisotopic (exact) mass is 213 g/mol. The standard InChI is InChI=1S/C9H6O2.C4H5N/c10-9-6-5-7-3-1-2-4-8(7)11-9;1-2-4-5-3-1/h1-6H;1-5H. The summed E-state index contributed by atoms with van der Waals surface area (Å²) in [6.45, 7) is 0. The lowest BCUT2D eigenvalue weighted by Crippen LogP contribution is -1.93. The van der Waals surface area contributed by atoms with E-state index in [4.69, 9.17) is 4.42 Å². The fourth-order valence-electron chi connectivity index (χ4n) is 1.29. The van der Waals surface area contributed by atoms with E-state index in [1.807, 2.05) is 42.7 Å². The van der Waals surface area contributed by atoms with E-state index in [-0.39, 0.29) is 5.63 Å². The molecule has 1 aromatic carbocycles. The maximum Gasteiger partial charge on any atom is 0.336 e. The van der Waals surface area contributed by atoms with Crippen molar-refractivity contribution in [2.45, 2.75) is 0 Å². The Balaban J connectivity index is 0.000000162. The zero-order chi connectivity index (χ0) is 11.2. The number of aromatic amines is 1. The molecule has 2 heterocycles. The molecule has 16 heavy (non-hydrogen) atoms. The molecule has 3 heteroatoms. The second-order valence-corrected chi connectivity index (χ2v) is 3.18. The van der Waals surface area contributed by atoms with Crippen LogP contribution in [0.1, 0.15) is 0 Å². The number of hydrogen-bond donors (Lipinski definition) is 1. The minimum absolute atomic E-state index is 0.302. The third kappa shape index (κ3) is 2.60. The molecule has 0 aliphatic rings. The van der Waals surface area contributed by atoms with Crippen molar-refractivity contribution in [3.8, 4) is 0 Å². The number of H-pyrrole nitrogens is 1. The molecule has 0 fully saturated rings. The third-order valence-electron chi connectivity index (χ3n) is 2.02. The van der Waals surface area contributed by atoms with Crippen molar-refractivity contribution in [3.05, 3.63) is 71.3 Å². The summed E-state index contributed by atoms with van der Waals surface area (Å²) in [6.07, 6.45) is 3.75. The highest BCUT2D eigenvalue weighted by Crippen LogP contribution is 2.08. The van der Waals surface area contributed by atoms with E-state index in [1.165, 1.54) is 6.07 Å². The van der Waals surface area contributed by atoms with E-state index >= 15 is 0 Å². The van der Waals surface area contributed by atoms with Crippen molar-refractivity contribution in [1.29, 1.82) is 0 Å². The van der Waals surface area contributed by atoms with E-state index in [0.29, 0.717) is 5.58 Å². The summed E-state index contributed by atoms with van der Waals surface area (Å²) in [6, 6.07) is 14.5. The number of benzene rings is 1. The molecule has 0 radical (unpaired) electrons. The summed E-state index contributed by atoms with van der Waals surface area (Å²) in [4.78, 5) is 13.6. The average Bonchev–Trinajstić information content (AvgIpc) is 2.87. The molecule has 2 aromatic heterocycles. The molecule has 0 aliphatic heterocycles. The van der Waals surface area contributed by atoms with Crippen LogP contribution in [0.3, 0.4) is 0 Å². The summed E-state index contributed by atoms with van der Waals surface area (Å²) < 4.78 is 4.91. The summed E-state index contributed by atoms with van der Waals surface area (Å²) >= 11 is 0. The Labute approximate surface area is 92.4 Å². The van der Waals surface area contributed by atoms with Crippen molar-refractivity contribution < 1.29 is 4.42 Å². The lowest BCUT2D eigenvalue weighted by molar-refractivity contribution is 0.561. The molecule has 0 atom stereocenters. The SMILES string of the molecule is O=c1ccc2ccccc2o1.c1cc[nH]c1. The van der Waals surface area contributed by atoms with Crippen LogP contribution in [0.5, 0.6) is 0 Å². The highest BCUT2D eigenvalue weighted by molar-refractivity contribution is 5.75. The van der Waals surface area contributed by atoms with Gasteiger partial charge >= 0.3 is 5.63 Å². The van der Waals surface area contributed by atoms with Crippen LogP contribution in [0.25, 0.3) is 11.0 Å². The van der Waals surface area contributed by atoms with Gasteiger partial charge in [0.25, 0.3) is 0 Å². The Morgan fingerprint density at radius 1 is 0.875 bits per heavy atom. The van der Waals surface area contributed by atoms with Gasteiger partial charge < -0.3 is 9.40 Å². The molecule has 0 unspecified atom stereocenters. The van der Waals surface area contributed by atoms with Crippen molar-refractivity contribution in [3.63, 3.8) is 0 Å². The minimum Gasteiger partial charge on any atom is -0.423 e. The molecule has 0 amide bonds. The Bertz CT molecular complexity index is 579. The van der Waals surface area contributed by atoms with E-state index in [9.17, 15) is 4.79 Å². The smallest absolute Gasteiger partial charge is 0.336 e. The lowest BCUT2D eigenvalue weighted by Gasteiger charge is -1.91. The second-order valence-electron chi connectivity index (χ2n) is 3.18. The largest absolute Gasteiger partial charge is 0.423 e. The number of fused-ring (bicyclic) bond motifs is 1. The molecule has 1 N–H and O–H groups in total. The quantitative estimate of drug-likeness (QED) is 0.583. The number of para-hydroxylation sites is 1.